The third-order valence-corrected chi connectivity index (χ3v) is 3.51. The van der Waals surface area contributed by atoms with E-state index < -0.39 is 0 Å². The van der Waals surface area contributed by atoms with Crippen LogP contribution in [0.2, 0.25) is 0 Å². The second kappa shape index (κ2) is 5.51. The Morgan fingerprint density at radius 3 is 3.00 bits per heavy atom. The Bertz CT molecular complexity index is 417. The van der Waals surface area contributed by atoms with E-state index in [0.29, 0.717) is 10.0 Å². The molecule has 1 aliphatic rings. The minimum absolute atomic E-state index is 0.0828. The Kier molecular flexibility index (Phi) is 4.02. The molecule has 2 rings (SSSR count). The van der Waals surface area contributed by atoms with Gasteiger partial charge in [-0.15, -0.1) is 0 Å². The van der Waals surface area contributed by atoms with Crippen molar-refractivity contribution in [2.24, 2.45) is 0 Å². The third-order valence-electron chi connectivity index (χ3n) is 2.84. The summed E-state index contributed by atoms with van der Waals surface area (Å²) in [5.74, 6) is -0.0547. The molecule has 3 N–H and O–H groups in total. The zero-order valence-electron chi connectivity index (χ0n) is 9.37. The number of phenolic OH excluding ortho intramolecular Hbond substituents is 1. The van der Waals surface area contributed by atoms with Gasteiger partial charge < -0.3 is 15.7 Å². The summed E-state index contributed by atoms with van der Waals surface area (Å²) in [5, 5.41) is 15.7. The molecule has 1 aromatic rings. The van der Waals surface area contributed by atoms with E-state index >= 15 is 0 Å². The average molecular weight is 299 g/mol. The number of phenols is 1. The van der Waals surface area contributed by atoms with Gasteiger partial charge in [-0.2, -0.15) is 0 Å². The van der Waals surface area contributed by atoms with Crippen LogP contribution in [0, 0.1) is 0 Å². The van der Waals surface area contributed by atoms with Crippen LogP contribution in [0.5, 0.6) is 5.75 Å². The van der Waals surface area contributed by atoms with Crippen molar-refractivity contribution in [1.29, 1.82) is 0 Å². The van der Waals surface area contributed by atoms with Gasteiger partial charge in [0.2, 0.25) is 0 Å². The normalized spacial score (nSPS) is 19.9. The van der Waals surface area contributed by atoms with Gasteiger partial charge >= 0.3 is 0 Å². The molecule has 1 amide bonds. The highest BCUT2D eigenvalue weighted by Gasteiger charge is 2.16. The first-order chi connectivity index (χ1) is 8.16. The van der Waals surface area contributed by atoms with Gasteiger partial charge in [0.15, 0.2) is 0 Å². The largest absolute Gasteiger partial charge is 0.507 e. The van der Waals surface area contributed by atoms with Gasteiger partial charge in [-0.25, -0.2) is 0 Å². The van der Waals surface area contributed by atoms with Crippen molar-refractivity contribution in [3.8, 4) is 5.75 Å². The number of halogens is 1. The lowest BCUT2D eigenvalue weighted by atomic mass is 10.1. The molecule has 1 aliphatic heterocycles. The molecule has 0 aromatic heterocycles. The molecule has 1 heterocycles. The van der Waals surface area contributed by atoms with Crippen LogP contribution in [0.3, 0.4) is 0 Å². The summed E-state index contributed by atoms with van der Waals surface area (Å²) in [6.07, 6.45) is 2.08. The van der Waals surface area contributed by atoms with Crippen molar-refractivity contribution in [2.45, 2.75) is 18.9 Å². The van der Waals surface area contributed by atoms with Crippen LogP contribution >= 0.6 is 15.9 Å². The van der Waals surface area contributed by atoms with Gasteiger partial charge in [-0.1, -0.05) is 0 Å². The van der Waals surface area contributed by atoms with Crippen molar-refractivity contribution in [3.63, 3.8) is 0 Å². The van der Waals surface area contributed by atoms with Crippen LogP contribution in [-0.4, -0.2) is 30.1 Å². The fraction of sp³-hybridized carbons (Fsp3) is 0.417. The number of nitrogens with one attached hydrogen (secondary N) is 2. The molecule has 92 valence electrons. The van der Waals surface area contributed by atoms with Crippen molar-refractivity contribution < 1.29 is 9.90 Å². The van der Waals surface area contributed by atoms with Crippen LogP contribution in [0.4, 0.5) is 0 Å². The lowest BCUT2D eigenvalue weighted by Crippen LogP contribution is -2.45. The molecule has 5 heteroatoms. The summed E-state index contributed by atoms with van der Waals surface area (Å²) in [5.41, 5.74) is 0.483. The number of carbonyl (C=O) groups excluding carboxylic acids is 1. The Labute approximate surface area is 109 Å². The molecule has 0 bridgehead atoms. The minimum atomic E-state index is -0.137. The molecular weight excluding hydrogens is 284 g/mol. The molecule has 17 heavy (non-hydrogen) atoms. The van der Waals surface area contributed by atoms with Crippen molar-refractivity contribution in [1.82, 2.24) is 10.6 Å². The van der Waals surface area contributed by atoms with E-state index in [1.54, 1.807) is 12.1 Å². The molecule has 0 radical (unpaired) electrons. The van der Waals surface area contributed by atoms with E-state index in [9.17, 15) is 9.90 Å². The number of aromatic hydroxyl groups is 1. The maximum Gasteiger partial charge on any atom is 0.251 e. The van der Waals surface area contributed by atoms with Crippen LogP contribution in [0.15, 0.2) is 22.7 Å². The predicted molar refractivity (Wildman–Crippen MR) is 69.2 cm³/mol. The lowest BCUT2D eigenvalue weighted by molar-refractivity contribution is 0.0930. The van der Waals surface area contributed by atoms with Crippen LogP contribution < -0.4 is 10.6 Å². The van der Waals surface area contributed by atoms with Gasteiger partial charge in [-0.3, -0.25) is 4.79 Å². The number of carbonyl (C=O) groups is 1. The first-order valence-corrected chi connectivity index (χ1v) is 6.46. The number of rotatable bonds is 2. The first-order valence-electron chi connectivity index (χ1n) is 5.67. The number of hydrogen-bond donors (Lipinski definition) is 3. The highest BCUT2D eigenvalue weighted by atomic mass is 79.9. The Hall–Kier alpha value is -1.07. The summed E-state index contributed by atoms with van der Waals surface area (Å²) in [6, 6.07) is 5.01. The monoisotopic (exact) mass is 298 g/mol. The van der Waals surface area contributed by atoms with E-state index in [4.69, 9.17) is 0 Å². The van der Waals surface area contributed by atoms with Gasteiger partial charge in [-0.05, 0) is 53.5 Å². The second-order valence-electron chi connectivity index (χ2n) is 4.18. The summed E-state index contributed by atoms with van der Waals surface area (Å²) in [4.78, 5) is 11.9. The standard InChI is InChI=1S/C12H15BrN2O2/c13-10-4-3-8(6-11(10)16)12(17)15-9-2-1-5-14-7-9/h3-4,6,9,14,16H,1-2,5,7H2,(H,15,17)/t9-/m0/s1. The molecular formula is C12H15BrN2O2. The zero-order chi connectivity index (χ0) is 12.3. The molecule has 1 saturated heterocycles. The smallest absolute Gasteiger partial charge is 0.251 e. The number of piperidine rings is 1. The summed E-state index contributed by atoms with van der Waals surface area (Å²) in [6.45, 7) is 1.83. The topological polar surface area (TPSA) is 61.4 Å². The van der Waals surface area contributed by atoms with Gasteiger partial charge in [0, 0.05) is 18.2 Å². The molecule has 1 fully saturated rings. The molecule has 1 aromatic carbocycles. The number of hydrogen-bond acceptors (Lipinski definition) is 3. The zero-order valence-corrected chi connectivity index (χ0v) is 11.0. The van der Waals surface area contributed by atoms with Crippen LogP contribution in [0.1, 0.15) is 23.2 Å². The molecule has 1 atom stereocenters. The van der Waals surface area contributed by atoms with Crippen molar-refractivity contribution in [2.75, 3.05) is 13.1 Å². The molecule has 0 saturated carbocycles. The van der Waals surface area contributed by atoms with Gasteiger partial charge in [0.25, 0.3) is 5.91 Å². The van der Waals surface area contributed by atoms with Crippen LogP contribution in [0.25, 0.3) is 0 Å². The highest BCUT2D eigenvalue weighted by Crippen LogP contribution is 2.24. The Balaban J connectivity index is 2.01. The van der Waals surface area contributed by atoms with E-state index in [2.05, 4.69) is 26.6 Å². The molecule has 0 unspecified atom stereocenters. The third kappa shape index (κ3) is 3.20. The fourth-order valence-corrected chi connectivity index (χ4v) is 2.14. The average Bonchev–Trinajstić information content (AvgIpc) is 2.34. The van der Waals surface area contributed by atoms with Crippen LogP contribution in [-0.2, 0) is 0 Å². The Morgan fingerprint density at radius 1 is 1.53 bits per heavy atom. The molecule has 4 nitrogen and oxygen atoms in total. The number of benzene rings is 1. The molecule has 0 aliphatic carbocycles. The SMILES string of the molecule is O=C(N[C@H]1CCCNC1)c1ccc(Br)c(O)c1. The first kappa shape index (κ1) is 12.4. The van der Waals surface area contributed by atoms with Crippen molar-refractivity contribution >= 4 is 21.8 Å². The summed E-state index contributed by atoms with van der Waals surface area (Å²) >= 11 is 3.19. The van der Waals surface area contributed by atoms with E-state index in [0.717, 1.165) is 25.9 Å². The van der Waals surface area contributed by atoms with Gasteiger partial charge in [0.05, 0.1) is 4.47 Å². The fourth-order valence-electron chi connectivity index (χ4n) is 1.90. The van der Waals surface area contributed by atoms with Gasteiger partial charge in [0.1, 0.15) is 5.75 Å². The molecule has 0 spiro atoms. The second-order valence-corrected chi connectivity index (χ2v) is 5.04. The Morgan fingerprint density at radius 2 is 2.35 bits per heavy atom. The maximum absolute atomic E-state index is 11.9. The quantitative estimate of drug-likeness (QED) is 0.778. The summed E-state index contributed by atoms with van der Waals surface area (Å²) < 4.78 is 0.591. The van der Waals surface area contributed by atoms with E-state index in [-0.39, 0.29) is 17.7 Å². The minimum Gasteiger partial charge on any atom is -0.507 e. The number of amides is 1. The van der Waals surface area contributed by atoms with E-state index in [1.807, 2.05) is 0 Å². The predicted octanol–water partition coefficient (Wildman–Crippen LogP) is 1.64. The maximum atomic E-state index is 11.9. The van der Waals surface area contributed by atoms with E-state index in [1.165, 1.54) is 6.07 Å². The van der Waals surface area contributed by atoms with Crippen molar-refractivity contribution in [3.05, 3.63) is 28.2 Å². The highest BCUT2D eigenvalue weighted by molar-refractivity contribution is 9.10. The summed E-state index contributed by atoms with van der Waals surface area (Å²) in [7, 11) is 0. The lowest BCUT2D eigenvalue weighted by Gasteiger charge is -2.23.